The summed E-state index contributed by atoms with van der Waals surface area (Å²) in [5.74, 6) is 1.66. The van der Waals surface area contributed by atoms with Gasteiger partial charge in [0, 0.05) is 23.0 Å². The third kappa shape index (κ3) is 2.67. The monoisotopic (exact) mass is 289 g/mol. The number of hydrogen-bond donors (Lipinski definition) is 1. The van der Waals surface area contributed by atoms with E-state index in [1.54, 1.807) is 0 Å². The van der Waals surface area contributed by atoms with Crippen molar-refractivity contribution in [3.8, 4) is 0 Å². The van der Waals surface area contributed by atoms with Gasteiger partial charge in [0.05, 0.1) is 6.10 Å². The van der Waals surface area contributed by atoms with E-state index in [2.05, 4.69) is 45.3 Å². The number of rotatable bonds is 1. The number of aliphatic hydroxyl groups is 1. The SMILES string of the molecule is Cc1cc2c(n1C1CCC(C)C(C)C1)CC(C)(C)CC2O. The van der Waals surface area contributed by atoms with Gasteiger partial charge < -0.3 is 9.67 Å². The summed E-state index contributed by atoms with van der Waals surface area (Å²) in [7, 11) is 0. The molecule has 4 unspecified atom stereocenters. The van der Waals surface area contributed by atoms with Gasteiger partial charge in [-0.3, -0.25) is 0 Å². The highest BCUT2D eigenvalue weighted by molar-refractivity contribution is 5.34. The van der Waals surface area contributed by atoms with Crippen LogP contribution in [0.3, 0.4) is 0 Å². The fourth-order valence-corrected chi connectivity index (χ4v) is 4.63. The van der Waals surface area contributed by atoms with Crippen LogP contribution in [0.1, 0.15) is 82.5 Å². The van der Waals surface area contributed by atoms with Crippen LogP contribution in [0.15, 0.2) is 6.07 Å². The van der Waals surface area contributed by atoms with E-state index in [1.807, 2.05) is 0 Å². The van der Waals surface area contributed by atoms with Crippen molar-refractivity contribution in [1.82, 2.24) is 4.57 Å². The zero-order valence-corrected chi connectivity index (χ0v) is 14.3. The van der Waals surface area contributed by atoms with Crippen molar-refractivity contribution in [1.29, 1.82) is 0 Å². The first-order chi connectivity index (χ1) is 9.78. The van der Waals surface area contributed by atoms with Crippen LogP contribution in [0.4, 0.5) is 0 Å². The van der Waals surface area contributed by atoms with Gasteiger partial charge in [-0.2, -0.15) is 0 Å². The van der Waals surface area contributed by atoms with E-state index in [1.165, 1.54) is 36.2 Å². The second-order valence-electron chi connectivity index (χ2n) is 8.54. The van der Waals surface area contributed by atoms with Crippen molar-refractivity contribution in [2.45, 2.75) is 78.9 Å². The topological polar surface area (TPSA) is 25.2 Å². The lowest BCUT2D eigenvalue weighted by Crippen LogP contribution is -2.30. The second-order valence-corrected chi connectivity index (χ2v) is 8.54. The molecule has 2 aliphatic rings. The lowest BCUT2D eigenvalue weighted by molar-refractivity contribution is 0.0961. The van der Waals surface area contributed by atoms with E-state index in [0.717, 1.165) is 24.7 Å². The molecule has 118 valence electrons. The quantitative estimate of drug-likeness (QED) is 0.789. The number of aryl methyl sites for hydroxylation is 1. The summed E-state index contributed by atoms with van der Waals surface area (Å²) in [4.78, 5) is 0. The third-order valence-corrected chi connectivity index (χ3v) is 6.05. The summed E-state index contributed by atoms with van der Waals surface area (Å²) in [5, 5.41) is 10.5. The number of aliphatic hydroxyl groups excluding tert-OH is 1. The predicted octanol–water partition coefficient (Wildman–Crippen LogP) is 4.80. The van der Waals surface area contributed by atoms with Crippen LogP contribution in [0.5, 0.6) is 0 Å². The van der Waals surface area contributed by atoms with Gasteiger partial charge in [0.25, 0.3) is 0 Å². The number of nitrogens with zero attached hydrogens (tertiary/aromatic N) is 1. The highest BCUT2D eigenvalue weighted by atomic mass is 16.3. The Kier molecular flexibility index (Phi) is 3.72. The molecular weight excluding hydrogens is 258 g/mol. The molecule has 2 nitrogen and oxygen atoms in total. The first kappa shape index (κ1) is 15.1. The fourth-order valence-electron chi connectivity index (χ4n) is 4.63. The van der Waals surface area contributed by atoms with Crippen molar-refractivity contribution in [3.63, 3.8) is 0 Å². The minimum absolute atomic E-state index is 0.211. The maximum Gasteiger partial charge on any atom is 0.0812 e. The van der Waals surface area contributed by atoms with E-state index >= 15 is 0 Å². The normalized spacial score (nSPS) is 35.5. The minimum Gasteiger partial charge on any atom is -0.388 e. The lowest BCUT2D eigenvalue weighted by atomic mass is 9.75. The molecule has 0 saturated heterocycles. The largest absolute Gasteiger partial charge is 0.388 e. The van der Waals surface area contributed by atoms with Crippen LogP contribution in [0.25, 0.3) is 0 Å². The Morgan fingerprint density at radius 1 is 1.19 bits per heavy atom. The molecular formula is C19H31NO. The lowest BCUT2D eigenvalue weighted by Gasteiger charge is -2.38. The molecule has 0 amide bonds. The van der Waals surface area contributed by atoms with Gasteiger partial charge in [-0.25, -0.2) is 0 Å². The van der Waals surface area contributed by atoms with E-state index in [0.29, 0.717) is 6.04 Å². The van der Waals surface area contributed by atoms with Gasteiger partial charge in [-0.15, -0.1) is 0 Å². The summed E-state index contributed by atoms with van der Waals surface area (Å²) < 4.78 is 2.59. The number of fused-ring (bicyclic) bond motifs is 1. The molecule has 2 aliphatic carbocycles. The molecule has 3 rings (SSSR count). The van der Waals surface area contributed by atoms with E-state index in [9.17, 15) is 5.11 Å². The summed E-state index contributed by atoms with van der Waals surface area (Å²) in [5.41, 5.74) is 4.19. The molecule has 0 aromatic carbocycles. The summed E-state index contributed by atoms with van der Waals surface area (Å²) >= 11 is 0. The smallest absolute Gasteiger partial charge is 0.0812 e. The van der Waals surface area contributed by atoms with E-state index in [-0.39, 0.29) is 11.5 Å². The fraction of sp³-hybridized carbons (Fsp3) is 0.789. The average Bonchev–Trinajstić information content (AvgIpc) is 2.68. The van der Waals surface area contributed by atoms with Crippen molar-refractivity contribution in [2.75, 3.05) is 0 Å². The first-order valence-electron chi connectivity index (χ1n) is 8.67. The van der Waals surface area contributed by atoms with Crippen LogP contribution in [-0.2, 0) is 6.42 Å². The molecule has 4 atom stereocenters. The standard InChI is InChI=1S/C19H31NO/c1-12-6-7-15(8-13(12)2)20-14(3)9-16-17(20)10-19(4,5)11-18(16)21/h9,12-13,15,18,21H,6-8,10-11H2,1-5H3. The molecule has 1 fully saturated rings. The highest BCUT2D eigenvalue weighted by Crippen LogP contribution is 2.45. The molecule has 0 bridgehead atoms. The van der Waals surface area contributed by atoms with Crippen molar-refractivity contribution in [2.24, 2.45) is 17.3 Å². The highest BCUT2D eigenvalue weighted by Gasteiger charge is 2.36. The zero-order chi connectivity index (χ0) is 15.4. The Bertz CT molecular complexity index is 528. The summed E-state index contributed by atoms with van der Waals surface area (Å²) in [6, 6.07) is 2.89. The Morgan fingerprint density at radius 3 is 2.57 bits per heavy atom. The molecule has 1 aromatic rings. The molecule has 1 aromatic heterocycles. The maximum absolute atomic E-state index is 10.5. The minimum atomic E-state index is -0.274. The second kappa shape index (κ2) is 5.15. The van der Waals surface area contributed by atoms with Crippen LogP contribution < -0.4 is 0 Å². The molecule has 0 radical (unpaired) electrons. The van der Waals surface area contributed by atoms with Crippen LogP contribution in [0.2, 0.25) is 0 Å². The number of hydrogen-bond acceptors (Lipinski definition) is 1. The van der Waals surface area contributed by atoms with E-state index in [4.69, 9.17) is 0 Å². The van der Waals surface area contributed by atoms with Gasteiger partial charge in [0.15, 0.2) is 0 Å². The zero-order valence-electron chi connectivity index (χ0n) is 14.3. The molecule has 0 aliphatic heterocycles. The van der Waals surface area contributed by atoms with Crippen molar-refractivity contribution >= 4 is 0 Å². The van der Waals surface area contributed by atoms with Gasteiger partial charge in [-0.1, -0.05) is 27.7 Å². The predicted molar refractivity (Wildman–Crippen MR) is 87.4 cm³/mol. The average molecular weight is 289 g/mol. The van der Waals surface area contributed by atoms with Crippen molar-refractivity contribution in [3.05, 3.63) is 23.0 Å². The molecule has 1 saturated carbocycles. The molecule has 0 spiro atoms. The van der Waals surface area contributed by atoms with Gasteiger partial charge in [0.2, 0.25) is 0 Å². The molecule has 1 heterocycles. The summed E-state index contributed by atoms with van der Waals surface area (Å²) in [6.45, 7) is 11.6. The third-order valence-electron chi connectivity index (χ3n) is 6.05. The van der Waals surface area contributed by atoms with Crippen molar-refractivity contribution < 1.29 is 5.11 Å². The Balaban J connectivity index is 1.97. The van der Waals surface area contributed by atoms with E-state index < -0.39 is 0 Å². The molecule has 2 heteroatoms. The van der Waals surface area contributed by atoms with Gasteiger partial charge in [0.1, 0.15) is 0 Å². The Hall–Kier alpha value is -0.760. The first-order valence-corrected chi connectivity index (χ1v) is 8.67. The maximum atomic E-state index is 10.5. The number of aromatic nitrogens is 1. The Morgan fingerprint density at radius 2 is 1.90 bits per heavy atom. The van der Waals surface area contributed by atoms with Gasteiger partial charge in [-0.05, 0) is 62.3 Å². The van der Waals surface area contributed by atoms with Gasteiger partial charge >= 0.3 is 0 Å². The van der Waals surface area contributed by atoms with Crippen LogP contribution in [-0.4, -0.2) is 9.67 Å². The molecule has 1 N–H and O–H groups in total. The van der Waals surface area contributed by atoms with Crippen LogP contribution >= 0.6 is 0 Å². The van der Waals surface area contributed by atoms with Crippen LogP contribution in [0, 0.1) is 24.2 Å². The molecule has 21 heavy (non-hydrogen) atoms. The summed E-state index contributed by atoms with van der Waals surface area (Å²) in [6.07, 6.45) is 5.65. The Labute approximate surface area is 129 Å².